The number of sulfonamides is 1. The van der Waals surface area contributed by atoms with Crippen molar-refractivity contribution < 1.29 is 27.4 Å². The molecule has 196 valence electrons. The molecule has 9 nitrogen and oxygen atoms in total. The van der Waals surface area contributed by atoms with Crippen LogP contribution in [0.3, 0.4) is 0 Å². The van der Waals surface area contributed by atoms with Crippen LogP contribution in [-0.4, -0.2) is 52.7 Å². The Bertz CT molecular complexity index is 1370. The van der Waals surface area contributed by atoms with Gasteiger partial charge in [-0.05, 0) is 54.1 Å². The lowest BCUT2D eigenvalue weighted by Gasteiger charge is -2.21. The van der Waals surface area contributed by atoms with Crippen LogP contribution in [0.2, 0.25) is 5.02 Å². The number of carbonyl (C=O) groups is 1. The Morgan fingerprint density at radius 3 is 2.22 bits per heavy atom. The summed E-state index contributed by atoms with van der Waals surface area (Å²) in [6.07, 6.45) is 1.37. The minimum Gasteiger partial charge on any atom is -0.493 e. The van der Waals surface area contributed by atoms with Gasteiger partial charge in [0.15, 0.2) is 11.5 Å². The molecule has 0 spiro atoms. The summed E-state index contributed by atoms with van der Waals surface area (Å²) in [6, 6.07) is 16.2. The van der Waals surface area contributed by atoms with Crippen LogP contribution in [0.1, 0.15) is 11.1 Å². The second kappa shape index (κ2) is 12.9. The van der Waals surface area contributed by atoms with Gasteiger partial charge in [0.05, 0.1) is 39.0 Å². The van der Waals surface area contributed by atoms with E-state index in [1.54, 1.807) is 48.5 Å². The number of halogens is 2. The summed E-state index contributed by atoms with van der Waals surface area (Å²) >= 11 is 9.26. The highest BCUT2D eigenvalue weighted by Gasteiger charge is 2.27. The molecule has 12 heteroatoms. The highest BCUT2D eigenvalue weighted by molar-refractivity contribution is 9.10. The summed E-state index contributed by atoms with van der Waals surface area (Å²) in [7, 11) is 0.437. The van der Waals surface area contributed by atoms with Gasteiger partial charge in [0.25, 0.3) is 5.91 Å². The number of ether oxygens (including phenoxy) is 3. The van der Waals surface area contributed by atoms with Gasteiger partial charge < -0.3 is 14.2 Å². The number of carbonyl (C=O) groups excluding carboxylic acids is 1. The molecule has 0 atom stereocenters. The van der Waals surface area contributed by atoms with Gasteiger partial charge in [-0.3, -0.25) is 4.79 Å². The van der Waals surface area contributed by atoms with Crippen molar-refractivity contribution >= 4 is 49.7 Å². The molecule has 0 saturated heterocycles. The summed E-state index contributed by atoms with van der Waals surface area (Å²) in [5, 5.41) is 4.49. The van der Waals surface area contributed by atoms with Gasteiger partial charge >= 0.3 is 0 Å². The second-order valence-electron chi connectivity index (χ2n) is 7.57. The van der Waals surface area contributed by atoms with E-state index < -0.39 is 22.5 Å². The quantitative estimate of drug-likeness (QED) is 0.254. The molecular formula is C25H25BrClN3O6S. The number of nitrogens with one attached hydrogen (secondary N) is 1. The minimum absolute atomic E-state index is 0.0454. The molecule has 1 amide bonds. The van der Waals surface area contributed by atoms with Crippen molar-refractivity contribution in [2.45, 2.75) is 11.4 Å². The van der Waals surface area contributed by atoms with Crippen molar-refractivity contribution in [3.8, 4) is 17.2 Å². The van der Waals surface area contributed by atoms with E-state index in [0.29, 0.717) is 33.4 Å². The average Bonchev–Trinajstić information content (AvgIpc) is 2.89. The Kier molecular flexibility index (Phi) is 9.93. The second-order valence-corrected chi connectivity index (χ2v) is 10.9. The van der Waals surface area contributed by atoms with Gasteiger partial charge in [-0.15, -0.1) is 0 Å². The van der Waals surface area contributed by atoms with Gasteiger partial charge in [0, 0.05) is 21.6 Å². The first kappa shape index (κ1) is 28.5. The van der Waals surface area contributed by atoms with E-state index >= 15 is 0 Å². The highest BCUT2D eigenvalue weighted by Crippen LogP contribution is 2.39. The molecule has 3 rings (SSSR count). The molecule has 0 fully saturated rings. The number of hydrogen-bond donors (Lipinski definition) is 1. The average molecular weight is 611 g/mol. The predicted octanol–water partition coefficient (Wildman–Crippen LogP) is 4.47. The molecule has 37 heavy (non-hydrogen) atoms. The topological polar surface area (TPSA) is 107 Å². The van der Waals surface area contributed by atoms with E-state index in [1.807, 2.05) is 0 Å². The molecule has 3 aromatic rings. The smallest absolute Gasteiger partial charge is 0.255 e. The molecular weight excluding hydrogens is 586 g/mol. The predicted molar refractivity (Wildman–Crippen MR) is 145 cm³/mol. The number of nitrogens with zero attached hydrogens (tertiary/aromatic N) is 2. The van der Waals surface area contributed by atoms with Crippen molar-refractivity contribution in [2.24, 2.45) is 5.10 Å². The zero-order valence-electron chi connectivity index (χ0n) is 20.3. The molecule has 0 aliphatic rings. The van der Waals surface area contributed by atoms with Crippen molar-refractivity contribution in [3.05, 3.63) is 81.3 Å². The maximum Gasteiger partial charge on any atom is 0.255 e. The Labute approximate surface area is 229 Å². The van der Waals surface area contributed by atoms with Crippen LogP contribution in [0.5, 0.6) is 17.2 Å². The molecule has 0 unspecified atom stereocenters. The van der Waals surface area contributed by atoms with E-state index in [4.69, 9.17) is 25.8 Å². The first-order valence-electron chi connectivity index (χ1n) is 10.8. The minimum atomic E-state index is -4.01. The SMILES string of the molecule is COc1ccc(/C=N\NC(=O)CN(Cc2ccc(Cl)cc2)S(=O)(=O)c2ccc(Br)cc2)c(OC)c1OC. The van der Waals surface area contributed by atoms with Crippen molar-refractivity contribution in [1.82, 2.24) is 9.73 Å². The van der Waals surface area contributed by atoms with Gasteiger partial charge in [0.2, 0.25) is 15.8 Å². The van der Waals surface area contributed by atoms with E-state index in [9.17, 15) is 13.2 Å². The maximum atomic E-state index is 13.4. The highest BCUT2D eigenvalue weighted by atomic mass is 79.9. The monoisotopic (exact) mass is 609 g/mol. The normalized spacial score (nSPS) is 11.5. The van der Waals surface area contributed by atoms with Crippen LogP contribution in [0.25, 0.3) is 0 Å². The Morgan fingerprint density at radius 1 is 0.973 bits per heavy atom. The summed E-state index contributed by atoms with van der Waals surface area (Å²) in [4.78, 5) is 12.8. The van der Waals surface area contributed by atoms with Gasteiger partial charge in [0.1, 0.15) is 0 Å². The number of amides is 1. The van der Waals surface area contributed by atoms with Crippen LogP contribution in [-0.2, 0) is 21.4 Å². The fourth-order valence-electron chi connectivity index (χ4n) is 3.37. The van der Waals surface area contributed by atoms with Gasteiger partial charge in [-0.2, -0.15) is 9.41 Å². The zero-order chi connectivity index (χ0) is 27.0. The number of methoxy groups -OCH3 is 3. The Balaban J connectivity index is 1.82. The van der Waals surface area contributed by atoms with Crippen molar-refractivity contribution in [2.75, 3.05) is 27.9 Å². The van der Waals surface area contributed by atoms with Gasteiger partial charge in [-0.1, -0.05) is 39.7 Å². The third kappa shape index (κ3) is 7.22. The zero-order valence-corrected chi connectivity index (χ0v) is 23.4. The summed E-state index contributed by atoms with van der Waals surface area (Å²) in [5.41, 5.74) is 3.55. The summed E-state index contributed by atoms with van der Waals surface area (Å²) < 4.78 is 44.6. The first-order chi connectivity index (χ1) is 17.7. The molecule has 0 aliphatic heterocycles. The van der Waals surface area contributed by atoms with E-state index in [-0.39, 0.29) is 11.4 Å². The molecule has 0 aliphatic carbocycles. The third-order valence-corrected chi connectivity index (χ3v) is 7.76. The fraction of sp³-hybridized carbons (Fsp3) is 0.200. The molecule has 0 aromatic heterocycles. The van der Waals surface area contributed by atoms with Crippen molar-refractivity contribution in [3.63, 3.8) is 0 Å². The van der Waals surface area contributed by atoms with E-state index in [2.05, 4.69) is 26.5 Å². The summed E-state index contributed by atoms with van der Waals surface area (Å²) in [6.45, 7) is -0.516. The molecule has 0 saturated carbocycles. The third-order valence-electron chi connectivity index (χ3n) is 5.17. The molecule has 0 radical (unpaired) electrons. The van der Waals surface area contributed by atoms with Crippen LogP contribution in [0.4, 0.5) is 0 Å². The molecule has 1 N–H and O–H groups in total. The number of hydrazone groups is 1. The lowest BCUT2D eigenvalue weighted by molar-refractivity contribution is -0.121. The van der Waals surface area contributed by atoms with Crippen LogP contribution in [0.15, 0.2) is 75.1 Å². The maximum absolute atomic E-state index is 13.4. The van der Waals surface area contributed by atoms with E-state index in [0.717, 1.165) is 8.78 Å². The largest absolute Gasteiger partial charge is 0.493 e. The molecule has 0 bridgehead atoms. The standard InChI is InChI=1S/C25H25BrClN3O6S/c1-34-22-13-6-18(24(35-2)25(22)36-3)14-28-29-23(31)16-30(15-17-4-9-20(27)10-5-17)37(32,33)21-11-7-19(26)8-12-21/h4-14H,15-16H2,1-3H3,(H,29,31)/b28-14-. The first-order valence-corrected chi connectivity index (χ1v) is 13.4. The fourth-order valence-corrected chi connectivity index (χ4v) is 5.15. The lowest BCUT2D eigenvalue weighted by Crippen LogP contribution is -2.39. The lowest BCUT2D eigenvalue weighted by atomic mass is 10.2. The molecule has 3 aromatic carbocycles. The van der Waals surface area contributed by atoms with Crippen molar-refractivity contribution in [1.29, 1.82) is 0 Å². The number of rotatable bonds is 11. The molecule has 0 heterocycles. The van der Waals surface area contributed by atoms with Crippen LogP contribution < -0.4 is 19.6 Å². The summed E-state index contributed by atoms with van der Waals surface area (Å²) in [5.74, 6) is 0.568. The Morgan fingerprint density at radius 2 is 1.62 bits per heavy atom. The van der Waals surface area contributed by atoms with Gasteiger partial charge in [-0.25, -0.2) is 13.8 Å². The van der Waals surface area contributed by atoms with E-state index in [1.165, 1.54) is 39.7 Å². The van der Waals surface area contributed by atoms with Crippen LogP contribution >= 0.6 is 27.5 Å². The van der Waals surface area contributed by atoms with Crippen LogP contribution in [0, 0.1) is 0 Å². The number of benzene rings is 3. The Hall–Kier alpha value is -3.12. The number of hydrogen-bond acceptors (Lipinski definition) is 7.